The first kappa shape index (κ1) is 8.64. The van der Waals surface area contributed by atoms with Crippen LogP contribution in [0.2, 0.25) is 0 Å². The Morgan fingerprint density at radius 2 is 2.14 bits per heavy atom. The van der Waals surface area contributed by atoms with E-state index in [2.05, 4.69) is 6.04 Å². The smallest absolute Gasteiger partial charge is 0.422 e. The van der Waals surface area contributed by atoms with Gasteiger partial charge in [0.05, 0.1) is 0 Å². The van der Waals surface area contributed by atoms with Crippen molar-refractivity contribution in [3.63, 3.8) is 0 Å². The second-order valence-electron chi connectivity index (χ2n) is 3.00. The third kappa shape index (κ3) is 1.31. The van der Waals surface area contributed by atoms with Crippen LogP contribution in [0.25, 0.3) is 0 Å². The summed E-state index contributed by atoms with van der Waals surface area (Å²) in [6.45, 7) is 0.326. The number of cyclic esters (lactones) is 1. The monoisotopic (exact) mass is 187 g/mol. The van der Waals surface area contributed by atoms with Crippen molar-refractivity contribution in [2.75, 3.05) is 6.61 Å². The second-order valence-corrected chi connectivity index (χ2v) is 3.00. The maximum Gasteiger partial charge on any atom is 0.422 e. The number of amides is 1. The summed E-state index contributed by atoms with van der Waals surface area (Å²) in [7, 11) is 0. The maximum atomic E-state index is 11.2. The van der Waals surface area contributed by atoms with Gasteiger partial charge in [-0.3, -0.25) is 0 Å². The lowest BCUT2D eigenvalue weighted by molar-refractivity contribution is 0.167. The molecule has 0 N–H and O–H groups in total. The molecule has 1 atom stereocenters. The molecule has 0 aliphatic carbocycles. The Balaban J connectivity index is 2.29. The summed E-state index contributed by atoms with van der Waals surface area (Å²) in [6.07, 6.45) is 4.78. The number of hydrogen-bond acceptors (Lipinski definition) is 2. The van der Waals surface area contributed by atoms with Crippen molar-refractivity contribution >= 4 is 6.09 Å². The molecule has 70 valence electrons. The molecule has 14 heavy (non-hydrogen) atoms. The quantitative estimate of drug-likeness (QED) is 0.627. The van der Waals surface area contributed by atoms with E-state index < -0.39 is 6.09 Å². The van der Waals surface area contributed by atoms with E-state index in [1.54, 1.807) is 0 Å². The third-order valence-electron chi connectivity index (χ3n) is 2.20. The largest absolute Gasteiger partial charge is 0.446 e. The van der Waals surface area contributed by atoms with E-state index in [0.717, 1.165) is 5.56 Å². The molecule has 2 rings (SSSR count). The van der Waals surface area contributed by atoms with Gasteiger partial charge in [-0.25, -0.2) is 9.69 Å². The van der Waals surface area contributed by atoms with Crippen molar-refractivity contribution in [3.8, 4) is 12.5 Å². The molecule has 1 saturated heterocycles. The van der Waals surface area contributed by atoms with Crippen LogP contribution in [0.1, 0.15) is 11.6 Å². The lowest BCUT2D eigenvalue weighted by Gasteiger charge is -2.14. The Labute approximate surface area is 82.3 Å². The molecular weight excluding hydrogens is 178 g/mol. The van der Waals surface area contributed by atoms with E-state index in [4.69, 9.17) is 11.2 Å². The van der Waals surface area contributed by atoms with Gasteiger partial charge >= 0.3 is 6.09 Å². The molecule has 1 aromatic carbocycles. The van der Waals surface area contributed by atoms with Crippen molar-refractivity contribution in [2.45, 2.75) is 6.04 Å². The summed E-state index contributed by atoms with van der Waals surface area (Å²) in [5.74, 6) is 0. The van der Waals surface area contributed by atoms with E-state index in [9.17, 15) is 4.79 Å². The molecule has 1 unspecified atom stereocenters. The van der Waals surface area contributed by atoms with E-state index in [1.165, 1.54) is 4.90 Å². The molecule has 1 heterocycles. The number of nitrogens with zero attached hydrogens (tertiary/aromatic N) is 1. The number of carbonyl (C=O) groups is 1. The molecule has 1 amide bonds. The van der Waals surface area contributed by atoms with Crippen molar-refractivity contribution in [1.82, 2.24) is 4.90 Å². The summed E-state index contributed by atoms with van der Waals surface area (Å²) in [6, 6.07) is 11.8. The number of carbonyl (C=O) groups excluding carboxylic acids is 1. The molecular formula is C11H9NO2. The van der Waals surface area contributed by atoms with Gasteiger partial charge in [-0.2, -0.15) is 0 Å². The zero-order valence-electron chi connectivity index (χ0n) is 7.51. The summed E-state index contributed by atoms with van der Waals surface area (Å²) in [4.78, 5) is 12.4. The van der Waals surface area contributed by atoms with Gasteiger partial charge in [-0.1, -0.05) is 36.8 Å². The van der Waals surface area contributed by atoms with E-state index in [1.807, 2.05) is 30.3 Å². The van der Waals surface area contributed by atoms with E-state index in [0.29, 0.717) is 6.61 Å². The Bertz CT molecular complexity index is 380. The molecule has 0 aromatic heterocycles. The molecule has 3 heteroatoms. The molecule has 0 radical (unpaired) electrons. The standard InChI is InChI=1S/C11H9NO2/c1-2-12-10(8-14-11(12)13)9-6-4-3-5-7-9/h1,3-7,10H,8H2. The number of benzene rings is 1. The van der Waals surface area contributed by atoms with Gasteiger partial charge in [0.2, 0.25) is 0 Å². The minimum Gasteiger partial charge on any atom is -0.446 e. The van der Waals surface area contributed by atoms with Gasteiger partial charge in [0.1, 0.15) is 12.6 Å². The fourth-order valence-electron chi connectivity index (χ4n) is 1.48. The molecule has 1 aromatic rings. The average Bonchev–Trinajstić information content (AvgIpc) is 2.61. The molecule has 0 bridgehead atoms. The summed E-state index contributed by atoms with van der Waals surface area (Å²) in [5, 5.41) is 0. The van der Waals surface area contributed by atoms with Crippen LogP contribution in [-0.4, -0.2) is 17.6 Å². The second kappa shape index (κ2) is 3.43. The lowest BCUT2D eigenvalue weighted by atomic mass is 10.1. The summed E-state index contributed by atoms with van der Waals surface area (Å²) < 4.78 is 4.87. The molecule has 3 nitrogen and oxygen atoms in total. The fourth-order valence-corrected chi connectivity index (χ4v) is 1.48. The van der Waals surface area contributed by atoms with Crippen LogP contribution in [0.3, 0.4) is 0 Å². The number of hydrogen-bond donors (Lipinski definition) is 0. The van der Waals surface area contributed by atoms with Crippen LogP contribution < -0.4 is 0 Å². The van der Waals surface area contributed by atoms with Gasteiger partial charge in [0.15, 0.2) is 0 Å². The Kier molecular flexibility index (Phi) is 2.11. The molecule has 1 aliphatic rings. The first-order valence-corrected chi connectivity index (χ1v) is 4.30. The van der Waals surface area contributed by atoms with Crippen LogP contribution in [-0.2, 0) is 4.74 Å². The highest BCUT2D eigenvalue weighted by molar-refractivity contribution is 5.72. The number of rotatable bonds is 1. The average molecular weight is 187 g/mol. The Morgan fingerprint density at radius 1 is 1.43 bits per heavy atom. The normalized spacial score (nSPS) is 20.4. The molecule has 1 fully saturated rings. The summed E-state index contributed by atoms with van der Waals surface area (Å²) >= 11 is 0. The Morgan fingerprint density at radius 3 is 2.79 bits per heavy atom. The van der Waals surface area contributed by atoms with Gasteiger partial charge in [0.25, 0.3) is 0 Å². The van der Waals surface area contributed by atoms with Crippen LogP contribution >= 0.6 is 0 Å². The van der Waals surface area contributed by atoms with Gasteiger partial charge in [0, 0.05) is 6.04 Å². The number of terminal acetylenes is 1. The van der Waals surface area contributed by atoms with Gasteiger partial charge in [-0.05, 0) is 5.56 Å². The highest BCUT2D eigenvalue weighted by Gasteiger charge is 2.32. The first-order valence-electron chi connectivity index (χ1n) is 4.30. The Hall–Kier alpha value is -1.95. The van der Waals surface area contributed by atoms with Crippen LogP contribution in [0, 0.1) is 12.5 Å². The van der Waals surface area contributed by atoms with Crippen molar-refractivity contribution < 1.29 is 9.53 Å². The molecule has 1 aliphatic heterocycles. The zero-order chi connectivity index (χ0) is 9.97. The van der Waals surface area contributed by atoms with Crippen LogP contribution in [0.15, 0.2) is 30.3 Å². The SMILES string of the molecule is C#CN1C(=O)OCC1c1ccccc1. The maximum absolute atomic E-state index is 11.2. The first-order chi connectivity index (χ1) is 6.83. The predicted molar refractivity (Wildman–Crippen MR) is 51.2 cm³/mol. The van der Waals surface area contributed by atoms with E-state index >= 15 is 0 Å². The number of ether oxygens (including phenoxy) is 1. The topological polar surface area (TPSA) is 29.5 Å². The minimum atomic E-state index is -0.443. The highest BCUT2D eigenvalue weighted by atomic mass is 16.6. The van der Waals surface area contributed by atoms with Crippen molar-refractivity contribution in [3.05, 3.63) is 35.9 Å². The molecule has 0 saturated carbocycles. The molecule has 0 spiro atoms. The lowest BCUT2D eigenvalue weighted by Crippen LogP contribution is -2.21. The van der Waals surface area contributed by atoms with Gasteiger partial charge in [-0.15, -0.1) is 0 Å². The summed E-state index contributed by atoms with van der Waals surface area (Å²) in [5.41, 5.74) is 0.997. The third-order valence-corrected chi connectivity index (χ3v) is 2.20. The predicted octanol–water partition coefficient (Wildman–Crippen LogP) is 1.77. The van der Waals surface area contributed by atoms with Crippen molar-refractivity contribution in [2.24, 2.45) is 0 Å². The minimum absolute atomic E-state index is 0.145. The van der Waals surface area contributed by atoms with Gasteiger partial charge < -0.3 is 4.74 Å². The fraction of sp³-hybridized carbons (Fsp3) is 0.182. The van der Waals surface area contributed by atoms with E-state index in [-0.39, 0.29) is 6.04 Å². The highest BCUT2D eigenvalue weighted by Crippen LogP contribution is 2.26. The zero-order valence-corrected chi connectivity index (χ0v) is 7.51. The van der Waals surface area contributed by atoms with Crippen LogP contribution in [0.5, 0.6) is 0 Å². The van der Waals surface area contributed by atoms with Crippen molar-refractivity contribution in [1.29, 1.82) is 0 Å². The van der Waals surface area contributed by atoms with Crippen LogP contribution in [0.4, 0.5) is 4.79 Å².